The lowest BCUT2D eigenvalue weighted by Crippen LogP contribution is -2.37. The van der Waals surface area contributed by atoms with Crippen molar-refractivity contribution in [3.05, 3.63) is 95.1 Å². The number of imide groups is 1. The van der Waals surface area contributed by atoms with Crippen LogP contribution in [0.4, 0.5) is 11.4 Å². The van der Waals surface area contributed by atoms with E-state index in [4.69, 9.17) is 4.84 Å². The van der Waals surface area contributed by atoms with E-state index in [1.54, 1.807) is 5.06 Å². The lowest BCUT2D eigenvalue weighted by molar-refractivity contribution is -0.126. The molecule has 0 bridgehead atoms. The minimum atomic E-state index is -0.860. The molecule has 2 heterocycles. The zero-order chi connectivity index (χ0) is 24.2. The minimum Gasteiger partial charge on any atom is -0.273 e. The fourth-order valence-electron chi connectivity index (χ4n) is 5.03. The predicted octanol–water partition coefficient (Wildman–Crippen LogP) is 5.65. The van der Waals surface area contributed by atoms with Crippen molar-refractivity contribution in [1.82, 2.24) is 0 Å². The molecule has 2 aliphatic heterocycles. The van der Waals surface area contributed by atoms with Crippen molar-refractivity contribution in [3.63, 3.8) is 0 Å². The number of aryl methyl sites for hydroxylation is 2. The van der Waals surface area contributed by atoms with E-state index in [9.17, 15) is 9.59 Å². The zero-order valence-electron chi connectivity index (χ0n) is 20.3. The summed E-state index contributed by atoms with van der Waals surface area (Å²) in [5.41, 5.74) is 5.62. The first-order chi connectivity index (χ1) is 16.2. The van der Waals surface area contributed by atoms with Gasteiger partial charge in [-0.2, -0.15) is 0 Å². The molecule has 0 N–H and O–H groups in total. The summed E-state index contributed by atoms with van der Waals surface area (Å²) in [6.45, 7) is 10.4. The summed E-state index contributed by atoms with van der Waals surface area (Å²) < 4.78 is 0. The maximum atomic E-state index is 13.8. The van der Waals surface area contributed by atoms with Crippen molar-refractivity contribution in [3.8, 4) is 0 Å². The summed E-state index contributed by atoms with van der Waals surface area (Å²) in [6, 6.07) is 23.4. The summed E-state index contributed by atoms with van der Waals surface area (Å²) in [5, 5.41) is 1.75. The molecule has 0 radical (unpaired) electrons. The summed E-state index contributed by atoms with van der Waals surface area (Å²) in [5.74, 6) is -1.16. The molecule has 3 aromatic carbocycles. The van der Waals surface area contributed by atoms with Crippen LogP contribution in [-0.4, -0.2) is 17.9 Å². The van der Waals surface area contributed by atoms with Crippen LogP contribution < -0.4 is 9.96 Å². The van der Waals surface area contributed by atoms with Crippen LogP contribution in [0, 0.1) is 19.8 Å². The summed E-state index contributed by atoms with van der Waals surface area (Å²) in [4.78, 5) is 34.9. The molecule has 0 aliphatic carbocycles. The zero-order valence-corrected chi connectivity index (χ0v) is 20.3. The fraction of sp³-hybridized carbons (Fsp3) is 0.310. The molecule has 2 fully saturated rings. The van der Waals surface area contributed by atoms with Gasteiger partial charge in [0.05, 0.1) is 17.4 Å². The fourth-order valence-corrected chi connectivity index (χ4v) is 5.03. The molecule has 0 unspecified atom stereocenters. The quantitative estimate of drug-likeness (QED) is 0.480. The lowest BCUT2D eigenvalue weighted by Gasteiger charge is -2.29. The van der Waals surface area contributed by atoms with Gasteiger partial charge in [-0.1, -0.05) is 80.9 Å². The largest absolute Gasteiger partial charge is 0.273 e. The van der Waals surface area contributed by atoms with Gasteiger partial charge in [-0.25, -0.2) is 9.96 Å². The van der Waals surface area contributed by atoms with Crippen LogP contribution in [0.1, 0.15) is 49.1 Å². The topological polar surface area (TPSA) is 49.9 Å². The van der Waals surface area contributed by atoms with E-state index < -0.39 is 18.1 Å². The average molecular weight is 455 g/mol. The number of carbonyl (C=O) groups excluding carboxylic acids is 2. The highest BCUT2D eigenvalue weighted by Gasteiger charge is 2.60. The van der Waals surface area contributed by atoms with Crippen LogP contribution >= 0.6 is 0 Å². The van der Waals surface area contributed by atoms with Gasteiger partial charge in [0.15, 0.2) is 6.10 Å². The SMILES string of the molecule is Cc1ccc(N2C(=O)[C@@H]3[C@@H](c4ccc(C(C)(C)C)cc4)N(c4ccccc4)O[C@H]3C2=O)c(C)c1. The maximum Gasteiger partial charge on any atom is 0.266 e. The molecule has 34 heavy (non-hydrogen) atoms. The number of benzene rings is 3. The first-order valence-corrected chi connectivity index (χ1v) is 11.7. The third kappa shape index (κ3) is 3.61. The molecule has 3 atom stereocenters. The van der Waals surface area contributed by atoms with Crippen LogP contribution in [0.25, 0.3) is 0 Å². The molecule has 5 rings (SSSR count). The molecule has 2 saturated heterocycles. The third-order valence-electron chi connectivity index (χ3n) is 6.84. The Hall–Kier alpha value is -3.44. The number of fused-ring (bicyclic) bond motifs is 1. The number of carbonyl (C=O) groups is 2. The second-order valence-corrected chi connectivity index (χ2v) is 10.3. The van der Waals surface area contributed by atoms with Crippen LogP contribution in [-0.2, 0) is 19.8 Å². The van der Waals surface area contributed by atoms with Gasteiger partial charge in [-0.15, -0.1) is 0 Å². The Morgan fingerprint density at radius 2 is 1.50 bits per heavy atom. The molecule has 0 spiro atoms. The van der Waals surface area contributed by atoms with Gasteiger partial charge in [0, 0.05) is 0 Å². The minimum absolute atomic E-state index is 0.0191. The van der Waals surface area contributed by atoms with Gasteiger partial charge in [-0.05, 0) is 54.2 Å². The number of amides is 2. The van der Waals surface area contributed by atoms with Crippen LogP contribution in [0.15, 0.2) is 72.8 Å². The van der Waals surface area contributed by atoms with Crippen molar-refractivity contribution >= 4 is 23.2 Å². The Balaban J connectivity index is 1.58. The number of hydroxylamine groups is 1. The van der Waals surface area contributed by atoms with Crippen molar-refractivity contribution in [2.75, 3.05) is 9.96 Å². The molecule has 174 valence electrons. The lowest BCUT2D eigenvalue weighted by atomic mass is 9.84. The van der Waals surface area contributed by atoms with Gasteiger partial charge < -0.3 is 0 Å². The summed E-state index contributed by atoms with van der Waals surface area (Å²) >= 11 is 0. The Kier molecular flexibility index (Phi) is 5.33. The molecule has 5 heteroatoms. The van der Waals surface area contributed by atoms with E-state index in [1.807, 2.05) is 62.4 Å². The van der Waals surface area contributed by atoms with E-state index in [0.717, 1.165) is 22.4 Å². The van der Waals surface area contributed by atoms with Gasteiger partial charge in [0.1, 0.15) is 5.92 Å². The number of hydrogen-bond acceptors (Lipinski definition) is 4. The Morgan fingerprint density at radius 1 is 0.824 bits per heavy atom. The first-order valence-electron chi connectivity index (χ1n) is 11.7. The van der Waals surface area contributed by atoms with Crippen LogP contribution in [0.3, 0.4) is 0 Å². The Labute approximate surface area is 200 Å². The van der Waals surface area contributed by atoms with E-state index in [-0.39, 0.29) is 17.2 Å². The molecule has 2 aliphatic rings. The maximum absolute atomic E-state index is 13.8. The Bertz CT molecular complexity index is 1240. The first kappa shape index (κ1) is 22.4. The van der Waals surface area contributed by atoms with E-state index in [2.05, 4.69) is 45.0 Å². The van der Waals surface area contributed by atoms with E-state index in [1.165, 1.54) is 10.5 Å². The summed E-state index contributed by atoms with van der Waals surface area (Å²) in [7, 11) is 0. The second-order valence-electron chi connectivity index (χ2n) is 10.3. The van der Waals surface area contributed by atoms with Gasteiger partial charge >= 0.3 is 0 Å². The molecule has 2 amide bonds. The van der Waals surface area contributed by atoms with E-state index >= 15 is 0 Å². The highest BCUT2D eigenvalue weighted by Crippen LogP contribution is 2.48. The molecular weight excluding hydrogens is 424 g/mol. The average Bonchev–Trinajstić information content (AvgIpc) is 3.31. The molecule has 0 aromatic heterocycles. The van der Waals surface area contributed by atoms with Crippen molar-refractivity contribution in [2.24, 2.45) is 5.92 Å². The van der Waals surface area contributed by atoms with Gasteiger partial charge in [-0.3, -0.25) is 14.4 Å². The number of nitrogens with zero attached hydrogens (tertiary/aromatic N) is 2. The van der Waals surface area contributed by atoms with Gasteiger partial charge in [0.25, 0.3) is 5.91 Å². The second kappa shape index (κ2) is 8.10. The number of rotatable bonds is 3. The Morgan fingerprint density at radius 3 is 2.12 bits per heavy atom. The summed E-state index contributed by atoms with van der Waals surface area (Å²) in [6.07, 6.45) is -0.860. The van der Waals surface area contributed by atoms with Crippen LogP contribution in [0.5, 0.6) is 0 Å². The van der Waals surface area contributed by atoms with Crippen molar-refractivity contribution < 1.29 is 14.4 Å². The van der Waals surface area contributed by atoms with E-state index in [0.29, 0.717) is 5.69 Å². The van der Waals surface area contributed by atoms with Crippen molar-refractivity contribution in [2.45, 2.75) is 52.2 Å². The third-order valence-corrected chi connectivity index (χ3v) is 6.84. The number of hydrogen-bond donors (Lipinski definition) is 0. The monoisotopic (exact) mass is 454 g/mol. The number of para-hydroxylation sites is 1. The predicted molar refractivity (Wildman–Crippen MR) is 134 cm³/mol. The molecular formula is C29H30N2O3. The highest BCUT2D eigenvalue weighted by molar-refractivity contribution is 6.24. The smallest absolute Gasteiger partial charge is 0.266 e. The van der Waals surface area contributed by atoms with Crippen LogP contribution in [0.2, 0.25) is 0 Å². The standard InChI is InChI=1S/C29H30N2O3/c1-18-11-16-23(19(2)17-18)30-27(32)24-25(20-12-14-21(15-13-20)29(3,4)5)31(34-26(24)28(30)33)22-9-7-6-8-10-22/h6-17,24-26H,1-5H3/t24-,25-,26-/m1/s1. The number of anilines is 2. The normalized spacial score (nSPS) is 22.4. The molecule has 3 aromatic rings. The van der Waals surface area contributed by atoms with Gasteiger partial charge in [0.2, 0.25) is 5.91 Å². The van der Waals surface area contributed by atoms with Crippen molar-refractivity contribution in [1.29, 1.82) is 0 Å². The molecule has 0 saturated carbocycles. The molecule has 5 nitrogen and oxygen atoms in total. The highest BCUT2D eigenvalue weighted by atomic mass is 16.7.